The van der Waals surface area contributed by atoms with Crippen molar-refractivity contribution in [3.8, 4) is 0 Å². The van der Waals surface area contributed by atoms with Crippen molar-refractivity contribution in [3.05, 3.63) is 23.3 Å². The molecule has 0 saturated carbocycles. The van der Waals surface area contributed by atoms with Crippen molar-refractivity contribution in [1.82, 2.24) is 19.8 Å². The van der Waals surface area contributed by atoms with Gasteiger partial charge in [-0.25, -0.2) is 18.4 Å². The molecule has 2 aliphatic heterocycles. The van der Waals surface area contributed by atoms with E-state index in [-0.39, 0.29) is 29.5 Å². The van der Waals surface area contributed by atoms with Gasteiger partial charge in [0.15, 0.2) is 9.84 Å². The predicted molar refractivity (Wildman–Crippen MR) is 95.2 cm³/mol. The van der Waals surface area contributed by atoms with E-state index in [1.54, 1.807) is 24.9 Å². The molecule has 0 N–H and O–H groups in total. The molecule has 1 aromatic rings. The fraction of sp³-hybridized carbons (Fsp3) is 0.706. The van der Waals surface area contributed by atoms with Crippen LogP contribution in [-0.4, -0.2) is 77.3 Å². The molecule has 7 nitrogen and oxygen atoms in total. The van der Waals surface area contributed by atoms with Crippen molar-refractivity contribution in [2.45, 2.75) is 39.8 Å². The summed E-state index contributed by atoms with van der Waals surface area (Å²) >= 11 is 0. The largest absolute Gasteiger partial charge is 0.332 e. The van der Waals surface area contributed by atoms with E-state index in [1.807, 2.05) is 0 Å². The van der Waals surface area contributed by atoms with Gasteiger partial charge in [0, 0.05) is 31.9 Å². The van der Waals surface area contributed by atoms with E-state index >= 15 is 0 Å². The van der Waals surface area contributed by atoms with Gasteiger partial charge >= 0.3 is 0 Å². The van der Waals surface area contributed by atoms with E-state index in [1.165, 1.54) is 0 Å². The summed E-state index contributed by atoms with van der Waals surface area (Å²) in [5.41, 5.74) is 1.10. The molecule has 3 heterocycles. The van der Waals surface area contributed by atoms with E-state index in [4.69, 9.17) is 0 Å². The second kappa shape index (κ2) is 6.64. The lowest BCUT2D eigenvalue weighted by Gasteiger charge is -2.44. The lowest BCUT2D eigenvalue weighted by atomic mass is 10.0. The Morgan fingerprint density at radius 1 is 1.24 bits per heavy atom. The molecular formula is C17H26N4O3S. The quantitative estimate of drug-likeness (QED) is 0.782. The summed E-state index contributed by atoms with van der Waals surface area (Å²) in [5, 5.41) is 0. The summed E-state index contributed by atoms with van der Waals surface area (Å²) in [6, 6.07) is -0.400. The summed E-state index contributed by atoms with van der Waals surface area (Å²) in [4.78, 5) is 25.4. The van der Waals surface area contributed by atoms with Crippen LogP contribution in [0.3, 0.4) is 0 Å². The topological polar surface area (TPSA) is 83.5 Å². The van der Waals surface area contributed by atoms with Gasteiger partial charge in [0.1, 0.15) is 5.82 Å². The average Bonchev–Trinajstić information content (AvgIpc) is 2.82. The minimum Gasteiger partial charge on any atom is -0.332 e. The minimum absolute atomic E-state index is 0.0454. The van der Waals surface area contributed by atoms with Gasteiger partial charge < -0.3 is 4.90 Å². The second-order valence-corrected chi connectivity index (χ2v) is 9.67. The first kappa shape index (κ1) is 18.3. The Morgan fingerprint density at radius 3 is 2.56 bits per heavy atom. The third kappa shape index (κ3) is 3.69. The first-order valence-electron chi connectivity index (χ1n) is 8.73. The predicted octanol–water partition coefficient (Wildman–Crippen LogP) is 0.673. The van der Waals surface area contributed by atoms with Crippen molar-refractivity contribution >= 4 is 15.7 Å². The number of piperazine rings is 1. The maximum absolute atomic E-state index is 13.0. The van der Waals surface area contributed by atoms with Gasteiger partial charge in [0.05, 0.1) is 28.8 Å². The number of nitrogens with zero attached hydrogens (tertiary/aromatic N) is 4. The van der Waals surface area contributed by atoms with Gasteiger partial charge in [-0.1, -0.05) is 13.8 Å². The molecule has 1 amide bonds. The number of carbonyl (C=O) groups excluding carboxylic acids is 1. The zero-order valence-electron chi connectivity index (χ0n) is 15.3. The number of rotatable bonds is 3. The summed E-state index contributed by atoms with van der Waals surface area (Å²) in [7, 11) is -3.13. The molecule has 8 heteroatoms. The van der Waals surface area contributed by atoms with Gasteiger partial charge in [-0.15, -0.1) is 0 Å². The average molecular weight is 366 g/mol. The first-order valence-corrected chi connectivity index (χ1v) is 10.6. The van der Waals surface area contributed by atoms with Crippen LogP contribution in [0.5, 0.6) is 0 Å². The van der Waals surface area contributed by atoms with Crippen LogP contribution >= 0.6 is 0 Å². The number of hydrogen-bond donors (Lipinski definition) is 0. The third-order valence-corrected chi connectivity index (χ3v) is 6.68. The number of hydrogen-bond acceptors (Lipinski definition) is 6. The van der Waals surface area contributed by atoms with Crippen LogP contribution < -0.4 is 0 Å². The van der Waals surface area contributed by atoms with Crippen molar-refractivity contribution in [2.24, 2.45) is 5.92 Å². The SMILES string of the molecule is Cc1ncc(C(=O)N2CCN(CC(C)C)[C@H]3CS(=O)(=O)C[C@H]32)c(C)n1. The molecular weight excluding hydrogens is 340 g/mol. The van der Waals surface area contributed by atoms with E-state index in [2.05, 4.69) is 28.7 Å². The van der Waals surface area contributed by atoms with Crippen LogP contribution in [0.15, 0.2) is 6.20 Å². The molecule has 0 bridgehead atoms. The van der Waals surface area contributed by atoms with Crippen molar-refractivity contribution in [3.63, 3.8) is 0 Å². The molecule has 0 unspecified atom stereocenters. The fourth-order valence-electron chi connectivity index (χ4n) is 3.92. The number of carbonyl (C=O) groups is 1. The van der Waals surface area contributed by atoms with Crippen molar-refractivity contribution in [1.29, 1.82) is 0 Å². The van der Waals surface area contributed by atoms with Gasteiger partial charge in [-0.3, -0.25) is 9.69 Å². The lowest BCUT2D eigenvalue weighted by Crippen LogP contribution is -2.61. The summed E-state index contributed by atoms with van der Waals surface area (Å²) in [6.07, 6.45) is 1.55. The van der Waals surface area contributed by atoms with E-state index in [9.17, 15) is 13.2 Å². The summed E-state index contributed by atoms with van der Waals surface area (Å²) in [5.74, 6) is 1.10. The highest BCUT2D eigenvalue weighted by Crippen LogP contribution is 2.29. The first-order chi connectivity index (χ1) is 11.7. The highest BCUT2D eigenvalue weighted by molar-refractivity contribution is 7.91. The van der Waals surface area contributed by atoms with Crippen LogP contribution in [0.25, 0.3) is 0 Å². The number of fused-ring (bicyclic) bond motifs is 1. The molecule has 2 saturated heterocycles. The normalized spacial score (nSPS) is 26.0. The van der Waals surface area contributed by atoms with E-state index in [0.29, 0.717) is 36.1 Å². The zero-order valence-corrected chi connectivity index (χ0v) is 16.1. The Balaban J connectivity index is 1.89. The number of aromatic nitrogens is 2. The Bertz CT molecular complexity index is 778. The number of sulfone groups is 1. The molecule has 138 valence electrons. The Labute approximate surface area is 149 Å². The van der Waals surface area contributed by atoms with Gasteiger partial charge in [0.2, 0.25) is 0 Å². The molecule has 2 fully saturated rings. The highest BCUT2D eigenvalue weighted by atomic mass is 32.2. The van der Waals surface area contributed by atoms with Crippen LogP contribution in [-0.2, 0) is 9.84 Å². The fourth-order valence-corrected chi connectivity index (χ4v) is 5.93. The van der Waals surface area contributed by atoms with Crippen LogP contribution in [0.2, 0.25) is 0 Å². The standard InChI is InChI=1S/C17H26N4O3S/c1-11(2)8-20-5-6-21(16-10-25(23,24)9-15(16)20)17(22)14-7-18-13(4)19-12(14)3/h7,11,15-16H,5-6,8-10H2,1-4H3/t15-,16+/m0/s1. The van der Waals surface area contributed by atoms with Crippen LogP contribution in [0.4, 0.5) is 0 Å². The van der Waals surface area contributed by atoms with Gasteiger partial charge in [-0.2, -0.15) is 0 Å². The molecule has 0 aliphatic carbocycles. The maximum Gasteiger partial charge on any atom is 0.257 e. The number of amides is 1. The van der Waals surface area contributed by atoms with E-state index < -0.39 is 9.84 Å². The second-order valence-electron chi connectivity index (χ2n) is 7.52. The molecule has 1 aromatic heterocycles. The summed E-state index contributed by atoms with van der Waals surface area (Å²) in [6.45, 7) is 9.92. The summed E-state index contributed by atoms with van der Waals surface area (Å²) < 4.78 is 24.5. The molecule has 0 spiro atoms. The maximum atomic E-state index is 13.0. The number of aryl methyl sites for hydroxylation is 2. The van der Waals surface area contributed by atoms with Gasteiger partial charge in [0.25, 0.3) is 5.91 Å². The molecule has 0 radical (unpaired) electrons. The molecule has 2 atom stereocenters. The highest BCUT2D eigenvalue weighted by Gasteiger charge is 2.48. The van der Waals surface area contributed by atoms with Crippen molar-refractivity contribution in [2.75, 3.05) is 31.1 Å². The lowest BCUT2D eigenvalue weighted by molar-refractivity contribution is 0.0296. The third-order valence-electron chi connectivity index (χ3n) is 4.98. The Hall–Kier alpha value is -1.54. The smallest absolute Gasteiger partial charge is 0.257 e. The van der Waals surface area contributed by atoms with Crippen LogP contribution in [0.1, 0.15) is 35.7 Å². The minimum atomic E-state index is -3.13. The Morgan fingerprint density at radius 2 is 1.92 bits per heavy atom. The van der Waals surface area contributed by atoms with E-state index in [0.717, 1.165) is 6.54 Å². The monoisotopic (exact) mass is 366 g/mol. The molecule has 0 aromatic carbocycles. The molecule has 2 aliphatic rings. The van der Waals surface area contributed by atoms with Gasteiger partial charge in [-0.05, 0) is 19.8 Å². The Kier molecular flexibility index (Phi) is 4.85. The zero-order chi connectivity index (χ0) is 18.4. The molecule has 3 rings (SSSR count). The van der Waals surface area contributed by atoms with Crippen molar-refractivity contribution < 1.29 is 13.2 Å². The molecule has 25 heavy (non-hydrogen) atoms. The van der Waals surface area contributed by atoms with Crippen LogP contribution in [0, 0.1) is 19.8 Å².